The third-order valence-corrected chi connectivity index (χ3v) is 3.96. The number of piperidine rings is 1. The monoisotopic (exact) mass is 250 g/mol. The number of likely N-dealkylation sites (tertiary alicyclic amines) is 1. The number of carbonyl (C=O) groups excluding carboxylic acids is 1. The highest BCUT2D eigenvalue weighted by Gasteiger charge is 2.32. The first-order valence-electron chi connectivity index (χ1n) is 6.89. The van der Waals surface area contributed by atoms with Gasteiger partial charge in [0.1, 0.15) is 6.04 Å². The van der Waals surface area contributed by atoms with Crippen LogP contribution in [0.15, 0.2) is 0 Å². The lowest BCUT2D eigenvalue weighted by molar-refractivity contribution is -0.138. The Bertz CT molecular complexity index is 332. The second kappa shape index (κ2) is 6.17. The van der Waals surface area contributed by atoms with Crippen LogP contribution in [0.2, 0.25) is 0 Å². The van der Waals surface area contributed by atoms with E-state index in [1.807, 2.05) is 16.7 Å². The van der Waals surface area contributed by atoms with Gasteiger partial charge in [0.15, 0.2) is 0 Å². The summed E-state index contributed by atoms with van der Waals surface area (Å²) in [7, 11) is 0. The maximum absolute atomic E-state index is 12.4. The molecule has 0 radical (unpaired) electrons. The number of rotatable bonds is 2. The summed E-state index contributed by atoms with van der Waals surface area (Å²) in [5, 5.41) is 12.3. The van der Waals surface area contributed by atoms with Gasteiger partial charge < -0.3 is 10.2 Å². The summed E-state index contributed by atoms with van der Waals surface area (Å²) in [5.74, 6) is 0.192. The second-order valence-corrected chi connectivity index (χ2v) is 5.15. The number of piperazine rings is 1. The smallest absolute Gasteiger partial charge is 0.239 e. The molecular formula is C13H22N4O. The van der Waals surface area contributed by atoms with Gasteiger partial charge in [-0.3, -0.25) is 9.69 Å². The van der Waals surface area contributed by atoms with Gasteiger partial charge in [0.2, 0.25) is 5.91 Å². The Morgan fingerprint density at radius 1 is 1.33 bits per heavy atom. The van der Waals surface area contributed by atoms with Crippen LogP contribution in [0.4, 0.5) is 0 Å². The van der Waals surface area contributed by atoms with Gasteiger partial charge >= 0.3 is 0 Å². The number of amides is 1. The van der Waals surface area contributed by atoms with Crippen LogP contribution < -0.4 is 5.32 Å². The first-order valence-corrected chi connectivity index (χ1v) is 6.89. The van der Waals surface area contributed by atoms with Gasteiger partial charge in [0.25, 0.3) is 0 Å². The summed E-state index contributed by atoms with van der Waals surface area (Å²) in [6.45, 7) is 5.99. The van der Waals surface area contributed by atoms with Crippen LogP contribution >= 0.6 is 0 Å². The summed E-state index contributed by atoms with van der Waals surface area (Å²) in [6, 6.07) is 1.94. The highest BCUT2D eigenvalue weighted by molar-refractivity contribution is 5.81. The number of hydrogen-bond acceptors (Lipinski definition) is 4. The fourth-order valence-corrected chi connectivity index (χ4v) is 2.82. The number of nitrogens with zero attached hydrogens (tertiary/aromatic N) is 3. The van der Waals surface area contributed by atoms with Crippen molar-refractivity contribution >= 4 is 5.91 Å². The maximum atomic E-state index is 12.4. The van der Waals surface area contributed by atoms with Crippen LogP contribution in [0.3, 0.4) is 0 Å². The molecule has 2 rings (SSSR count). The quantitative estimate of drug-likeness (QED) is 0.760. The zero-order valence-corrected chi connectivity index (χ0v) is 11.1. The molecule has 0 bridgehead atoms. The Labute approximate surface area is 109 Å². The molecule has 5 heteroatoms. The van der Waals surface area contributed by atoms with Gasteiger partial charge in [-0.25, -0.2) is 0 Å². The molecule has 0 aromatic rings. The lowest BCUT2D eigenvalue weighted by Crippen LogP contribution is -2.58. The Morgan fingerprint density at radius 2 is 2.06 bits per heavy atom. The normalized spacial score (nSPS) is 27.6. The maximum Gasteiger partial charge on any atom is 0.239 e. The van der Waals surface area contributed by atoms with Crippen molar-refractivity contribution in [3.05, 3.63) is 0 Å². The molecule has 2 saturated heterocycles. The minimum Gasteiger partial charge on any atom is -0.341 e. The van der Waals surface area contributed by atoms with E-state index in [1.165, 1.54) is 6.42 Å². The predicted molar refractivity (Wildman–Crippen MR) is 68.9 cm³/mol. The Hall–Kier alpha value is -1.12. The Balaban J connectivity index is 1.98. The van der Waals surface area contributed by atoms with Crippen LogP contribution in [-0.4, -0.2) is 60.5 Å². The third-order valence-electron chi connectivity index (χ3n) is 3.96. The van der Waals surface area contributed by atoms with Crippen molar-refractivity contribution in [2.75, 3.05) is 32.7 Å². The van der Waals surface area contributed by atoms with Crippen molar-refractivity contribution in [2.24, 2.45) is 0 Å². The van der Waals surface area contributed by atoms with Gasteiger partial charge in [-0.15, -0.1) is 0 Å². The van der Waals surface area contributed by atoms with Gasteiger partial charge in [-0.2, -0.15) is 5.26 Å². The third kappa shape index (κ3) is 2.82. The van der Waals surface area contributed by atoms with Gasteiger partial charge in [-0.1, -0.05) is 0 Å². The average molecular weight is 250 g/mol. The summed E-state index contributed by atoms with van der Waals surface area (Å²) in [6.07, 6.45) is 3.45. The zero-order chi connectivity index (χ0) is 13.0. The molecule has 2 heterocycles. The number of hydrogen-bond donors (Lipinski definition) is 1. The zero-order valence-electron chi connectivity index (χ0n) is 11.1. The molecule has 0 spiro atoms. The van der Waals surface area contributed by atoms with Gasteiger partial charge in [0, 0.05) is 32.7 Å². The molecular weight excluding hydrogens is 228 g/mol. The van der Waals surface area contributed by atoms with Crippen molar-refractivity contribution in [2.45, 2.75) is 38.3 Å². The second-order valence-electron chi connectivity index (χ2n) is 5.15. The van der Waals surface area contributed by atoms with E-state index >= 15 is 0 Å². The van der Waals surface area contributed by atoms with Crippen LogP contribution in [0.25, 0.3) is 0 Å². The summed E-state index contributed by atoms with van der Waals surface area (Å²) >= 11 is 0. The standard InChI is InChI=1S/C13H22N4O/c1-11(13(18)16-6-3-2-4-7-16)17-8-5-15-10-12(17)9-14/h11-12,15H,2-8,10H2,1H3. The molecule has 2 aliphatic heterocycles. The SMILES string of the molecule is CC(C(=O)N1CCCCC1)N1CCNCC1C#N. The van der Waals surface area contributed by atoms with Crippen LogP contribution in [0.5, 0.6) is 0 Å². The molecule has 1 amide bonds. The van der Waals surface area contributed by atoms with E-state index in [-0.39, 0.29) is 18.0 Å². The molecule has 2 aliphatic rings. The Kier molecular flexibility index (Phi) is 4.56. The van der Waals surface area contributed by atoms with E-state index in [0.29, 0.717) is 6.54 Å². The molecule has 18 heavy (non-hydrogen) atoms. The topological polar surface area (TPSA) is 59.4 Å². The van der Waals surface area contributed by atoms with Crippen LogP contribution in [0.1, 0.15) is 26.2 Å². The molecule has 0 aliphatic carbocycles. The van der Waals surface area contributed by atoms with Crippen molar-refractivity contribution in [3.8, 4) is 6.07 Å². The lowest BCUT2D eigenvalue weighted by atomic mass is 10.1. The number of nitriles is 1. The van der Waals surface area contributed by atoms with E-state index in [9.17, 15) is 4.79 Å². The van der Waals surface area contributed by atoms with Crippen LogP contribution in [0, 0.1) is 11.3 Å². The van der Waals surface area contributed by atoms with E-state index in [4.69, 9.17) is 5.26 Å². The molecule has 2 atom stereocenters. The summed E-state index contributed by atoms with van der Waals surface area (Å²) in [5.41, 5.74) is 0. The van der Waals surface area contributed by atoms with Crippen molar-refractivity contribution < 1.29 is 4.79 Å². The number of nitrogens with one attached hydrogen (secondary N) is 1. The molecule has 0 aromatic heterocycles. The minimum atomic E-state index is -0.178. The molecule has 2 fully saturated rings. The van der Waals surface area contributed by atoms with E-state index < -0.39 is 0 Å². The summed E-state index contributed by atoms with van der Waals surface area (Å²) in [4.78, 5) is 16.4. The largest absolute Gasteiger partial charge is 0.341 e. The van der Waals surface area contributed by atoms with E-state index in [0.717, 1.165) is 39.0 Å². The predicted octanol–water partition coefficient (Wildman–Crippen LogP) is 0.185. The number of carbonyl (C=O) groups is 1. The van der Waals surface area contributed by atoms with Gasteiger partial charge in [0.05, 0.1) is 12.1 Å². The highest BCUT2D eigenvalue weighted by atomic mass is 16.2. The Morgan fingerprint density at radius 3 is 2.72 bits per heavy atom. The van der Waals surface area contributed by atoms with E-state index in [2.05, 4.69) is 11.4 Å². The molecule has 5 nitrogen and oxygen atoms in total. The first kappa shape index (κ1) is 13.3. The molecule has 100 valence electrons. The first-order chi connectivity index (χ1) is 8.74. The van der Waals surface area contributed by atoms with E-state index in [1.54, 1.807) is 0 Å². The van der Waals surface area contributed by atoms with Crippen molar-refractivity contribution in [1.29, 1.82) is 5.26 Å². The molecule has 2 unspecified atom stereocenters. The van der Waals surface area contributed by atoms with Gasteiger partial charge in [-0.05, 0) is 26.2 Å². The fourth-order valence-electron chi connectivity index (χ4n) is 2.82. The summed E-state index contributed by atoms with van der Waals surface area (Å²) < 4.78 is 0. The van der Waals surface area contributed by atoms with Crippen molar-refractivity contribution in [1.82, 2.24) is 15.1 Å². The molecule has 0 aromatic carbocycles. The van der Waals surface area contributed by atoms with Crippen molar-refractivity contribution in [3.63, 3.8) is 0 Å². The average Bonchev–Trinajstić information content (AvgIpc) is 2.46. The minimum absolute atomic E-state index is 0.171. The highest BCUT2D eigenvalue weighted by Crippen LogP contribution is 2.15. The lowest BCUT2D eigenvalue weighted by Gasteiger charge is -2.38. The van der Waals surface area contributed by atoms with Crippen LogP contribution in [-0.2, 0) is 4.79 Å². The fraction of sp³-hybridized carbons (Fsp3) is 0.846. The molecule has 0 saturated carbocycles. The molecule has 1 N–H and O–H groups in total.